The van der Waals surface area contributed by atoms with Crippen LogP contribution in [0.1, 0.15) is 36.2 Å². The highest BCUT2D eigenvalue weighted by Gasteiger charge is 2.40. The maximum atomic E-state index is 12.1. The Morgan fingerprint density at radius 2 is 1.81 bits per heavy atom. The van der Waals surface area contributed by atoms with E-state index in [0.29, 0.717) is 22.7 Å². The van der Waals surface area contributed by atoms with Gasteiger partial charge in [0.15, 0.2) is 17.3 Å². The summed E-state index contributed by atoms with van der Waals surface area (Å²) in [4.78, 5) is 23.5. The number of hydrogen-bond donors (Lipinski definition) is 2. The van der Waals surface area contributed by atoms with Gasteiger partial charge in [0.05, 0.1) is 7.11 Å². The van der Waals surface area contributed by atoms with Crippen molar-refractivity contribution in [3.8, 4) is 11.5 Å². The summed E-state index contributed by atoms with van der Waals surface area (Å²) in [6.45, 7) is 5.02. The lowest BCUT2D eigenvalue weighted by Crippen LogP contribution is -2.51. The largest absolute Gasteiger partial charge is 0.493 e. The Bertz CT molecular complexity index is 800. The number of ether oxygens (including phenoxy) is 2. The highest BCUT2D eigenvalue weighted by molar-refractivity contribution is 5.94. The number of carboxylic acids is 1. The summed E-state index contributed by atoms with van der Waals surface area (Å²) in [5.74, 6) is -0.386. The van der Waals surface area contributed by atoms with Crippen molar-refractivity contribution in [1.29, 1.82) is 0 Å². The Labute approximate surface area is 152 Å². The van der Waals surface area contributed by atoms with Gasteiger partial charge in [-0.2, -0.15) is 0 Å². The van der Waals surface area contributed by atoms with E-state index in [1.165, 1.54) is 14.0 Å². The van der Waals surface area contributed by atoms with Crippen LogP contribution in [0.15, 0.2) is 42.5 Å². The Hall–Kier alpha value is -3.02. The van der Waals surface area contributed by atoms with Gasteiger partial charge >= 0.3 is 5.97 Å². The molecule has 0 amide bonds. The molecule has 6 nitrogen and oxygen atoms in total. The standard InChI is InChI=1S/C20H23NO5/c1-5-20(19(23)24,21-16-11-9-15(10-12-16)14(3)22)26-18-13(2)7-6-8-17(18)25-4/h6-12,21H,5H2,1-4H3,(H,23,24). The highest BCUT2D eigenvalue weighted by Crippen LogP contribution is 2.35. The molecule has 138 valence electrons. The minimum atomic E-state index is -1.68. The highest BCUT2D eigenvalue weighted by atomic mass is 16.6. The van der Waals surface area contributed by atoms with Gasteiger partial charge in [0.25, 0.3) is 5.72 Å². The van der Waals surface area contributed by atoms with Crippen LogP contribution in [0.25, 0.3) is 0 Å². The van der Waals surface area contributed by atoms with Crippen LogP contribution in [0.2, 0.25) is 0 Å². The summed E-state index contributed by atoms with van der Waals surface area (Å²) in [5.41, 5.74) is 0.162. The Morgan fingerprint density at radius 1 is 1.15 bits per heavy atom. The predicted octanol–water partition coefficient (Wildman–Crippen LogP) is 3.89. The molecule has 0 heterocycles. The first kappa shape index (κ1) is 19.3. The van der Waals surface area contributed by atoms with Crippen molar-refractivity contribution in [2.75, 3.05) is 12.4 Å². The number of carbonyl (C=O) groups excluding carboxylic acids is 1. The van der Waals surface area contributed by atoms with E-state index in [1.807, 2.05) is 19.1 Å². The zero-order valence-corrected chi connectivity index (χ0v) is 15.3. The number of Topliss-reactive ketones (excluding diaryl/α,β-unsaturated/α-hetero) is 1. The number of hydrogen-bond acceptors (Lipinski definition) is 5. The number of methoxy groups -OCH3 is 1. The first-order valence-corrected chi connectivity index (χ1v) is 8.28. The molecular formula is C20H23NO5. The van der Waals surface area contributed by atoms with Crippen LogP contribution in [0.4, 0.5) is 5.69 Å². The van der Waals surface area contributed by atoms with Gasteiger partial charge in [-0.05, 0) is 49.7 Å². The second kappa shape index (κ2) is 7.91. The zero-order chi connectivity index (χ0) is 19.3. The van der Waals surface area contributed by atoms with Crippen molar-refractivity contribution < 1.29 is 24.2 Å². The van der Waals surface area contributed by atoms with Gasteiger partial charge in [0.1, 0.15) is 0 Å². The fourth-order valence-electron chi connectivity index (χ4n) is 2.55. The van der Waals surface area contributed by atoms with Crippen LogP contribution in [0.5, 0.6) is 11.5 Å². The molecule has 0 radical (unpaired) electrons. The summed E-state index contributed by atoms with van der Waals surface area (Å²) < 4.78 is 11.2. The van der Waals surface area contributed by atoms with E-state index in [-0.39, 0.29) is 12.2 Å². The Morgan fingerprint density at radius 3 is 2.31 bits per heavy atom. The fraction of sp³-hybridized carbons (Fsp3) is 0.300. The molecule has 0 saturated carbocycles. The number of carbonyl (C=O) groups is 2. The third-order valence-electron chi connectivity index (χ3n) is 4.15. The first-order valence-electron chi connectivity index (χ1n) is 8.28. The van der Waals surface area contributed by atoms with Crippen molar-refractivity contribution in [1.82, 2.24) is 0 Å². The topological polar surface area (TPSA) is 84.9 Å². The predicted molar refractivity (Wildman–Crippen MR) is 99.1 cm³/mol. The smallest absolute Gasteiger partial charge is 0.369 e. The molecule has 0 aromatic heterocycles. The van der Waals surface area contributed by atoms with Crippen molar-refractivity contribution in [3.63, 3.8) is 0 Å². The second-order valence-corrected chi connectivity index (χ2v) is 5.95. The number of para-hydroxylation sites is 1. The summed E-state index contributed by atoms with van der Waals surface area (Å²) in [6, 6.07) is 11.9. The summed E-state index contributed by atoms with van der Waals surface area (Å²) in [7, 11) is 1.50. The average Bonchev–Trinajstić information content (AvgIpc) is 2.62. The lowest BCUT2D eigenvalue weighted by molar-refractivity contribution is -0.153. The van der Waals surface area contributed by atoms with Gasteiger partial charge < -0.3 is 19.9 Å². The number of carboxylic acid groups (broad SMARTS) is 1. The number of anilines is 1. The van der Waals surface area contributed by atoms with Crippen molar-refractivity contribution >= 4 is 17.4 Å². The monoisotopic (exact) mass is 357 g/mol. The number of ketones is 1. The van der Waals surface area contributed by atoms with Gasteiger partial charge in [0.2, 0.25) is 0 Å². The number of aliphatic carboxylic acids is 1. The molecule has 1 atom stereocenters. The van der Waals surface area contributed by atoms with Crippen molar-refractivity contribution in [2.45, 2.75) is 32.9 Å². The molecular weight excluding hydrogens is 334 g/mol. The van der Waals surface area contributed by atoms with Crippen LogP contribution in [-0.4, -0.2) is 29.7 Å². The average molecular weight is 357 g/mol. The first-order chi connectivity index (χ1) is 12.3. The van der Waals surface area contributed by atoms with E-state index >= 15 is 0 Å². The number of benzene rings is 2. The molecule has 2 rings (SSSR count). The third kappa shape index (κ3) is 3.96. The summed E-state index contributed by atoms with van der Waals surface area (Å²) in [5, 5.41) is 12.8. The normalized spacial score (nSPS) is 12.8. The van der Waals surface area contributed by atoms with Crippen LogP contribution in [0, 0.1) is 6.92 Å². The van der Waals surface area contributed by atoms with Gasteiger partial charge in [-0.15, -0.1) is 0 Å². The van der Waals surface area contributed by atoms with E-state index in [9.17, 15) is 14.7 Å². The lowest BCUT2D eigenvalue weighted by atomic mass is 10.1. The third-order valence-corrected chi connectivity index (χ3v) is 4.15. The fourth-order valence-corrected chi connectivity index (χ4v) is 2.55. The Balaban J connectivity index is 2.40. The van der Waals surface area contributed by atoms with Gasteiger partial charge in [-0.25, -0.2) is 4.79 Å². The lowest BCUT2D eigenvalue weighted by Gasteiger charge is -2.32. The molecule has 0 saturated heterocycles. The van der Waals surface area contributed by atoms with E-state index in [1.54, 1.807) is 37.3 Å². The van der Waals surface area contributed by atoms with Gasteiger partial charge in [-0.1, -0.05) is 19.1 Å². The van der Waals surface area contributed by atoms with Crippen LogP contribution < -0.4 is 14.8 Å². The molecule has 2 aromatic carbocycles. The molecule has 0 aliphatic carbocycles. The van der Waals surface area contributed by atoms with Gasteiger partial charge in [-0.3, -0.25) is 4.79 Å². The SMILES string of the molecule is CCC(Nc1ccc(C(C)=O)cc1)(Oc1c(C)cccc1OC)C(=O)O. The molecule has 1 unspecified atom stereocenters. The molecule has 0 aliphatic rings. The van der Waals surface area contributed by atoms with E-state index in [0.717, 1.165) is 5.56 Å². The maximum absolute atomic E-state index is 12.1. The molecule has 2 N–H and O–H groups in total. The molecule has 0 fully saturated rings. The Kier molecular flexibility index (Phi) is 5.87. The second-order valence-electron chi connectivity index (χ2n) is 5.95. The van der Waals surface area contributed by atoms with Crippen LogP contribution in [0.3, 0.4) is 0 Å². The molecule has 0 aliphatic heterocycles. The van der Waals surface area contributed by atoms with Crippen LogP contribution >= 0.6 is 0 Å². The van der Waals surface area contributed by atoms with E-state index in [2.05, 4.69) is 5.32 Å². The van der Waals surface area contributed by atoms with E-state index < -0.39 is 11.7 Å². The van der Waals surface area contributed by atoms with Crippen molar-refractivity contribution in [3.05, 3.63) is 53.6 Å². The van der Waals surface area contributed by atoms with Gasteiger partial charge in [0, 0.05) is 17.7 Å². The number of aryl methyl sites for hydroxylation is 1. The molecule has 6 heteroatoms. The quantitative estimate of drug-likeness (QED) is 0.551. The minimum Gasteiger partial charge on any atom is -0.493 e. The molecule has 26 heavy (non-hydrogen) atoms. The van der Waals surface area contributed by atoms with Crippen LogP contribution in [-0.2, 0) is 4.79 Å². The number of nitrogens with one attached hydrogen (secondary N) is 1. The maximum Gasteiger partial charge on any atom is 0.369 e. The molecule has 0 bridgehead atoms. The van der Waals surface area contributed by atoms with E-state index in [4.69, 9.17) is 9.47 Å². The summed E-state index contributed by atoms with van der Waals surface area (Å²) in [6.07, 6.45) is 0.161. The zero-order valence-electron chi connectivity index (χ0n) is 15.3. The molecule has 2 aromatic rings. The minimum absolute atomic E-state index is 0.0579. The number of rotatable bonds is 8. The molecule has 0 spiro atoms. The summed E-state index contributed by atoms with van der Waals surface area (Å²) >= 11 is 0. The van der Waals surface area contributed by atoms with Crippen molar-refractivity contribution in [2.24, 2.45) is 0 Å².